The van der Waals surface area contributed by atoms with Crippen LogP contribution in [0.25, 0.3) is 0 Å². The van der Waals surface area contributed by atoms with Gasteiger partial charge in [0.2, 0.25) is 0 Å². The number of primary sulfonamides is 1. The molecule has 1 radical (unpaired) electrons. The zero-order valence-corrected chi connectivity index (χ0v) is 9.61. The van der Waals surface area contributed by atoms with Gasteiger partial charge < -0.3 is 0 Å². The fourth-order valence-electron chi connectivity index (χ4n) is 0.884. The SMILES string of the molecule is Nc1cc(S(N)(=O)=O)ccc1[As](=O)O. The summed E-state index contributed by atoms with van der Waals surface area (Å²) in [6, 6.07) is 3.42. The van der Waals surface area contributed by atoms with E-state index >= 15 is 0 Å². The topological polar surface area (TPSA) is 123 Å². The fraction of sp³-hybridized carbons (Fsp3) is 0. The van der Waals surface area contributed by atoms with E-state index in [-0.39, 0.29) is 14.9 Å². The Morgan fingerprint density at radius 2 is 1.93 bits per heavy atom. The number of anilines is 1. The number of nitrogen functional groups attached to an aromatic ring is 1. The first-order chi connectivity index (χ1) is 6.32. The van der Waals surface area contributed by atoms with Crippen molar-refractivity contribution in [3.8, 4) is 0 Å². The fourth-order valence-corrected chi connectivity index (χ4v) is 2.46. The van der Waals surface area contributed by atoms with Gasteiger partial charge in [-0.3, -0.25) is 0 Å². The van der Waals surface area contributed by atoms with Crippen LogP contribution in [0.4, 0.5) is 5.69 Å². The molecule has 0 bridgehead atoms. The van der Waals surface area contributed by atoms with E-state index in [1.54, 1.807) is 0 Å². The standard InChI is InChI=1S/C6H8AsN2O4S/c8-6-3-4(14(9,12)13)1-2-5(6)7(10)11/h1-3H,8H2,(H,10,11)(H2,9,12,13). The van der Waals surface area contributed by atoms with Crippen molar-refractivity contribution in [3.63, 3.8) is 0 Å². The van der Waals surface area contributed by atoms with Gasteiger partial charge in [-0.15, -0.1) is 0 Å². The molecular weight excluding hydrogens is 271 g/mol. The van der Waals surface area contributed by atoms with E-state index < -0.39 is 25.0 Å². The van der Waals surface area contributed by atoms with Crippen LogP contribution >= 0.6 is 0 Å². The van der Waals surface area contributed by atoms with Gasteiger partial charge in [-0.05, 0) is 0 Å². The molecule has 0 aliphatic heterocycles. The van der Waals surface area contributed by atoms with Crippen LogP contribution in [0.15, 0.2) is 23.1 Å². The third-order valence-corrected chi connectivity index (χ3v) is 4.16. The Kier molecular flexibility index (Phi) is 3.06. The molecule has 1 rings (SSSR count). The van der Waals surface area contributed by atoms with E-state index in [0.717, 1.165) is 12.1 Å². The quantitative estimate of drug-likeness (QED) is 0.428. The number of nitrogens with two attached hydrogens (primary N) is 2. The van der Waals surface area contributed by atoms with Gasteiger partial charge in [0.05, 0.1) is 0 Å². The molecule has 1 aromatic carbocycles. The number of rotatable bonds is 2. The zero-order valence-electron chi connectivity index (χ0n) is 6.91. The molecule has 0 spiro atoms. The van der Waals surface area contributed by atoms with Crippen molar-refractivity contribution in [2.45, 2.75) is 4.90 Å². The van der Waals surface area contributed by atoms with Gasteiger partial charge in [0.1, 0.15) is 0 Å². The van der Waals surface area contributed by atoms with E-state index in [2.05, 4.69) is 0 Å². The van der Waals surface area contributed by atoms with E-state index in [4.69, 9.17) is 15.0 Å². The first-order valence-corrected chi connectivity index (χ1v) is 7.50. The molecule has 77 valence electrons. The number of hydrogen-bond donors (Lipinski definition) is 3. The molecule has 14 heavy (non-hydrogen) atoms. The summed E-state index contributed by atoms with van der Waals surface area (Å²) in [5.74, 6) is 0. The van der Waals surface area contributed by atoms with Gasteiger partial charge in [-0.1, -0.05) is 0 Å². The number of sulfonamides is 1. The van der Waals surface area contributed by atoms with Gasteiger partial charge in [0.25, 0.3) is 0 Å². The van der Waals surface area contributed by atoms with Gasteiger partial charge in [-0.25, -0.2) is 0 Å². The van der Waals surface area contributed by atoms with Crippen LogP contribution in [0, 0.1) is 0 Å². The van der Waals surface area contributed by atoms with E-state index in [1.165, 1.54) is 6.07 Å². The molecule has 5 N–H and O–H groups in total. The summed E-state index contributed by atoms with van der Waals surface area (Å²) in [4.78, 5) is -0.172. The Bertz CT molecular complexity index is 485. The summed E-state index contributed by atoms with van der Waals surface area (Å²) in [7, 11) is -3.82. The van der Waals surface area contributed by atoms with Gasteiger partial charge in [0.15, 0.2) is 0 Å². The first kappa shape index (κ1) is 11.3. The predicted octanol–water partition coefficient (Wildman–Crippen LogP) is -1.97. The Hall–Kier alpha value is -0.752. The van der Waals surface area contributed by atoms with E-state index in [9.17, 15) is 12.2 Å². The van der Waals surface area contributed by atoms with Crippen LogP contribution in [0.3, 0.4) is 0 Å². The van der Waals surface area contributed by atoms with Crippen LogP contribution in [0.1, 0.15) is 0 Å². The number of benzene rings is 1. The Morgan fingerprint density at radius 3 is 2.29 bits per heavy atom. The Labute approximate surface area is 85.4 Å². The van der Waals surface area contributed by atoms with Gasteiger partial charge >= 0.3 is 85.2 Å². The average Bonchev–Trinajstić information content (AvgIpc) is 2.01. The van der Waals surface area contributed by atoms with Crippen LogP contribution in [-0.2, 0) is 13.8 Å². The third kappa shape index (κ3) is 2.39. The van der Waals surface area contributed by atoms with Gasteiger partial charge in [0, 0.05) is 0 Å². The molecule has 0 aliphatic carbocycles. The van der Waals surface area contributed by atoms with Crippen molar-refractivity contribution in [1.82, 2.24) is 0 Å². The summed E-state index contributed by atoms with van der Waals surface area (Å²) in [5, 5.41) is 4.84. The Morgan fingerprint density at radius 1 is 1.36 bits per heavy atom. The van der Waals surface area contributed by atoms with Crippen molar-refractivity contribution < 1.29 is 16.3 Å². The molecule has 0 aliphatic rings. The second-order valence-corrected chi connectivity index (χ2v) is 6.26. The summed E-state index contributed by atoms with van der Waals surface area (Å²) in [6.07, 6.45) is 0. The summed E-state index contributed by atoms with van der Waals surface area (Å²) >= 11 is -3.32. The van der Waals surface area contributed by atoms with Gasteiger partial charge in [-0.2, -0.15) is 0 Å². The predicted molar refractivity (Wildman–Crippen MR) is 50.5 cm³/mol. The molecule has 0 amide bonds. The summed E-state index contributed by atoms with van der Waals surface area (Å²) in [5.41, 5.74) is 5.34. The maximum absolute atomic E-state index is 10.9. The molecule has 0 heterocycles. The van der Waals surface area contributed by atoms with E-state index in [0.29, 0.717) is 0 Å². The number of hydrogen-bond acceptors (Lipinski definition) is 4. The average molecular weight is 279 g/mol. The first-order valence-electron chi connectivity index (χ1n) is 3.41. The molecule has 1 atom stereocenters. The summed E-state index contributed by atoms with van der Waals surface area (Å²) in [6.45, 7) is 0. The monoisotopic (exact) mass is 279 g/mol. The minimum atomic E-state index is -3.82. The molecule has 0 aromatic heterocycles. The molecule has 0 fully saturated rings. The maximum atomic E-state index is 10.9. The zero-order chi connectivity index (χ0) is 10.9. The van der Waals surface area contributed by atoms with Crippen molar-refractivity contribution in [2.75, 3.05) is 5.73 Å². The molecule has 8 heteroatoms. The van der Waals surface area contributed by atoms with Crippen molar-refractivity contribution in [1.29, 1.82) is 0 Å². The Balaban J connectivity index is 3.34. The van der Waals surface area contributed by atoms with Crippen molar-refractivity contribution in [3.05, 3.63) is 18.2 Å². The van der Waals surface area contributed by atoms with Crippen LogP contribution in [0.5, 0.6) is 0 Å². The van der Waals surface area contributed by atoms with Crippen LogP contribution < -0.4 is 15.2 Å². The van der Waals surface area contributed by atoms with Crippen molar-refractivity contribution >= 4 is 35.0 Å². The molecule has 0 saturated heterocycles. The minimum absolute atomic E-state index is 0.0333. The molecule has 1 aromatic rings. The molecule has 0 saturated carbocycles. The van der Waals surface area contributed by atoms with Crippen molar-refractivity contribution in [2.24, 2.45) is 5.14 Å². The molecule has 1 unspecified atom stereocenters. The normalized spacial score (nSPS) is 12.6. The van der Waals surface area contributed by atoms with Crippen LogP contribution in [0.2, 0.25) is 0 Å². The summed E-state index contributed by atoms with van der Waals surface area (Å²) < 4.78 is 41.4. The van der Waals surface area contributed by atoms with E-state index in [1.807, 2.05) is 0 Å². The molecular formula is C6H8AsN2O4S. The van der Waals surface area contributed by atoms with Crippen LogP contribution in [-0.4, -0.2) is 27.4 Å². The second kappa shape index (κ2) is 3.78. The molecule has 6 nitrogen and oxygen atoms in total. The second-order valence-electron chi connectivity index (χ2n) is 2.54. The third-order valence-electron chi connectivity index (χ3n) is 1.53.